The number of hydrogen-bond acceptors (Lipinski definition) is 3. The molecular weight excluding hydrogens is 288 g/mol. The van der Waals surface area contributed by atoms with Gasteiger partial charge in [-0.25, -0.2) is 0 Å². The molecule has 0 bridgehead atoms. The minimum atomic E-state index is -0.299. The summed E-state index contributed by atoms with van der Waals surface area (Å²) < 4.78 is 5.33. The van der Waals surface area contributed by atoms with Crippen LogP contribution in [0.3, 0.4) is 0 Å². The fourth-order valence-electron chi connectivity index (χ4n) is 1.72. The van der Waals surface area contributed by atoms with Crippen LogP contribution in [-0.4, -0.2) is 12.5 Å². The first kappa shape index (κ1) is 15.0. The van der Waals surface area contributed by atoms with Gasteiger partial charge in [0, 0.05) is 5.02 Å². The highest BCUT2D eigenvalue weighted by Gasteiger charge is 2.06. The van der Waals surface area contributed by atoms with Gasteiger partial charge in [0.25, 0.3) is 0 Å². The van der Waals surface area contributed by atoms with E-state index in [-0.39, 0.29) is 12.5 Å². The molecule has 0 aliphatic carbocycles. The van der Waals surface area contributed by atoms with E-state index in [9.17, 15) is 4.79 Å². The highest BCUT2D eigenvalue weighted by atomic mass is 35.5. The molecule has 0 saturated heterocycles. The minimum Gasteiger partial charge on any atom is -0.367 e. The summed E-state index contributed by atoms with van der Waals surface area (Å²) in [4.78, 5) is 11.8. The van der Waals surface area contributed by atoms with E-state index in [4.69, 9.17) is 21.6 Å². The Morgan fingerprint density at radius 1 is 1.19 bits per heavy atom. The molecule has 0 saturated carbocycles. The number of nitriles is 1. The number of nitrogens with one attached hydrogen (secondary N) is 1. The molecule has 0 fully saturated rings. The number of rotatable bonds is 5. The molecule has 5 heteroatoms. The standard InChI is InChI=1S/C16H13ClN2O2/c17-14-7-5-12(6-8-14)10-21-11-16(20)19-15-4-2-1-3-13(15)9-18/h1-8H,10-11H2,(H,19,20). The Kier molecular flexibility index (Phi) is 5.33. The van der Waals surface area contributed by atoms with Gasteiger partial charge in [-0.1, -0.05) is 35.9 Å². The lowest BCUT2D eigenvalue weighted by Gasteiger charge is -2.07. The molecule has 0 heterocycles. The fourth-order valence-corrected chi connectivity index (χ4v) is 1.84. The van der Waals surface area contributed by atoms with Crippen molar-refractivity contribution in [3.05, 3.63) is 64.7 Å². The smallest absolute Gasteiger partial charge is 0.250 e. The number of carbonyl (C=O) groups excluding carboxylic acids is 1. The van der Waals surface area contributed by atoms with Crippen LogP contribution < -0.4 is 5.32 Å². The molecule has 0 aliphatic rings. The predicted molar refractivity (Wildman–Crippen MR) is 80.9 cm³/mol. The summed E-state index contributed by atoms with van der Waals surface area (Å²) in [7, 11) is 0. The van der Waals surface area contributed by atoms with Crippen LogP contribution >= 0.6 is 11.6 Å². The molecule has 0 aliphatic heterocycles. The second-order valence-corrected chi connectivity index (χ2v) is 4.76. The number of para-hydroxylation sites is 1. The third-order valence-corrected chi connectivity index (χ3v) is 2.99. The maximum atomic E-state index is 11.8. The average Bonchev–Trinajstić information content (AvgIpc) is 2.50. The predicted octanol–water partition coefficient (Wildman–Crippen LogP) is 3.37. The molecule has 0 radical (unpaired) electrons. The van der Waals surface area contributed by atoms with Crippen LogP contribution in [0.15, 0.2) is 48.5 Å². The van der Waals surface area contributed by atoms with Crippen molar-refractivity contribution in [2.24, 2.45) is 0 Å². The van der Waals surface area contributed by atoms with Gasteiger partial charge in [0.1, 0.15) is 12.7 Å². The zero-order chi connectivity index (χ0) is 15.1. The van der Waals surface area contributed by atoms with E-state index in [1.165, 1.54) is 0 Å². The molecule has 4 nitrogen and oxygen atoms in total. The van der Waals surface area contributed by atoms with Crippen molar-refractivity contribution in [3.63, 3.8) is 0 Å². The Hall–Kier alpha value is -2.35. The zero-order valence-corrected chi connectivity index (χ0v) is 11.9. The van der Waals surface area contributed by atoms with Gasteiger partial charge in [0.2, 0.25) is 5.91 Å². The molecule has 0 unspecified atom stereocenters. The van der Waals surface area contributed by atoms with E-state index in [0.717, 1.165) is 5.56 Å². The quantitative estimate of drug-likeness (QED) is 0.921. The SMILES string of the molecule is N#Cc1ccccc1NC(=O)COCc1ccc(Cl)cc1. The largest absolute Gasteiger partial charge is 0.367 e. The van der Waals surface area contributed by atoms with Crippen LogP contribution in [0.4, 0.5) is 5.69 Å². The Morgan fingerprint density at radius 3 is 2.62 bits per heavy atom. The summed E-state index contributed by atoms with van der Waals surface area (Å²) in [5, 5.41) is 12.2. The van der Waals surface area contributed by atoms with Crippen molar-refractivity contribution in [1.29, 1.82) is 5.26 Å². The Balaban J connectivity index is 1.82. The molecule has 0 aromatic heterocycles. The summed E-state index contributed by atoms with van der Waals surface area (Å²) in [6, 6.07) is 16.0. The lowest BCUT2D eigenvalue weighted by Crippen LogP contribution is -2.18. The first-order chi connectivity index (χ1) is 10.2. The molecule has 0 atom stereocenters. The van der Waals surface area contributed by atoms with E-state index < -0.39 is 0 Å². The molecular formula is C16H13ClN2O2. The van der Waals surface area contributed by atoms with Crippen LogP contribution in [0.1, 0.15) is 11.1 Å². The normalized spacial score (nSPS) is 9.90. The Bertz CT molecular complexity index is 663. The average molecular weight is 301 g/mol. The summed E-state index contributed by atoms with van der Waals surface area (Å²) in [5.41, 5.74) is 1.84. The van der Waals surface area contributed by atoms with Crippen molar-refractivity contribution >= 4 is 23.2 Å². The second-order valence-electron chi connectivity index (χ2n) is 4.32. The van der Waals surface area contributed by atoms with Gasteiger partial charge in [-0.2, -0.15) is 5.26 Å². The highest BCUT2D eigenvalue weighted by molar-refractivity contribution is 6.30. The van der Waals surface area contributed by atoms with Crippen molar-refractivity contribution < 1.29 is 9.53 Å². The van der Waals surface area contributed by atoms with Gasteiger partial charge in [-0.3, -0.25) is 4.79 Å². The van der Waals surface area contributed by atoms with Crippen molar-refractivity contribution in [2.45, 2.75) is 6.61 Å². The van der Waals surface area contributed by atoms with E-state index in [2.05, 4.69) is 5.32 Å². The molecule has 106 valence electrons. The topological polar surface area (TPSA) is 62.1 Å². The number of nitrogens with zero attached hydrogens (tertiary/aromatic N) is 1. The number of benzene rings is 2. The number of anilines is 1. The van der Waals surface area contributed by atoms with Gasteiger partial charge >= 0.3 is 0 Å². The number of hydrogen-bond donors (Lipinski definition) is 1. The maximum Gasteiger partial charge on any atom is 0.250 e. The van der Waals surface area contributed by atoms with Gasteiger partial charge in [0.05, 0.1) is 17.9 Å². The number of carbonyl (C=O) groups is 1. The van der Waals surface area contributed by atoms with Crippen LogP contribution in [0.5, 0.6) is 0 Å². The van der Waals surface area contributed by atoms with Crippen LogP contribution in [0, 0.1) is 11.3 Å². The van der Waals surface area contributed by atoms with Gasteiger partial charge in [0.15, 0.2) is 0 Å². The van der Waals surface area contributed by atoms with Crippen LogP contribution in [0.25, 0.3) is 0 Å². The fraction of sp³-hybridized carbons (Fsp3) is 0.125. The van der Waals surface area contributed by atoms with Crippen molar-refractivity contribution in [1.82, 2.24) is 0 Å². The van der Waals surface area contributed by atoms with Crippen LogP contribution in [-0.2, 0) is 16.1 Å². The van der Waals surface area contributed by atoms with E-state index in [0.29, 0.717) is 22.9 Å². The molecule has 21 heavy (non-hydrogen) atoms. The summed E-state index contributed by atoms with van der Waals surface area (Å²) in [5.74, 6) is -0.299. The number of ether oxygens (including phenoxy) is 1. The lowest BCUT2D eigenvalue weighted by molar-refractivity contribution is -0.121. The molecule has 2 aromatic rings. The second kappa shape index (κ2) is 7.44. The van der Waals surface area contributed by atoms with E-state index in [1.807, 2.05) is 18.2 Å². The summed E-state index contributed by atoms with van der Waals surface area (Å²) in [6.07, 6.45) is 0. The number of amides is 1. The van der Waals surface area contributed by atoms with Crippen molar-refractivity contribution in [2.75, 3.05) is 11.9 Å². The minimum absolute atomic E-state index is 0.0810. The maximum absolute atomic E-state index is 11.8. The lowest BCUT2D eigenvalue weighted by atomic mass is 10.2. The molecule has 0 spiro atoms. The first-order valence-corrected chi connectivity index (χ1v) is 6.68. The van der Waals surface area contributed by atoms with Gasteiger partial charge in [-0.15, -0.1) is 0 Å². The first-order valence-electron chi connectivity index (χ1n) is 6.30. The van der Waals surface area contributed by atoms with Crippen molar-refractivity contribution in [3.8, 4) is 6.07 Å². The highest BCUT2D eigenvalue weighted by Crippen LogP contribution is 2.13. The van der Waals surface area contributed by atoms with E-state index in [1.54, 1.807) is 36.4 Å². The molecule has 2 rings (SSSR count). The Morgan fingerprint density at radius 2 is 1.90 bits per heavy atom. The summed E-state index contributed by atoms with van der Waals surface area (Å²) in [6.45, 7) is 0.243. The molecule has 1 amide bonds. The van der Waals surface area contributed by atoms with Crippen LogP contribution in [0.2, 0.25) is 5.02 Å². The Labute approximate surface area is 127 Å². The zero-order valence-electron chi connectivity index (χ0n) is 11.2. The summed E-state index contributed by atoms with van der Waals surface area (Å²) >= 11 is 5.78. The third kappa shape index (κ3) is 4.60. The monoisotopic (exact) mass is 300 g/mol. The number of halogens is 1. The van der Waals surface area contributed by atoms with Gasteiger partial charge < -0.3 is 10.1 Å². The van der Waals surface area contributed by atoms with Gasteiger partial charge in [-0.05, 0) is 29.8 Å². The van der Waals surface area contributed by atoms with E-state index >= 15 is 0 Å². The third-order valence-electron chi connectivity index (χ3n) is 2.74. The molecule has 1 N–H and O–H groups in total. The molecule has 2 aromatic carbocycles.